The summed E-state index contributed by atoms with van der Waals surface area (Å²) in [5, 5.41) is 6.38. The van der Waals surface area contributed by atoms with Gasteiger partial charge in [0.1, 0.15) is 23.3 Å². The van der Waals surface area contributed by atoms with E-state index < -0.39 is 12.1 Å². The van der Waals surface area contributed by atoms with Gasteiger partial charge in [-0.15, -0.1) is 0 Å². The molecular weight excluding hydrogens is 434 g/mol. The van der Waals surface area contributed by atoms with E-state index in [4.69, 9.17) is 13.9 Å². The van der Waals surface area contributed by atoms with Crippen LogP contribution in [0.5, 0.6) is 11.5 Å². The zero-order chi connectivity index (χ0) is 23.7. The maximum atomic E-state index is 13.9. The van der Waals surface area contributed by atoms with Gasteiger partial charge in [-0.25, -0.2) is 4.79 Å². The minimum absolute atomic E-state index is 0.00352. The number of anilines is 3. The minimum atomic E-state index is -0.721. The van der Waals surface area contributed by atoms with Crippen LogP contribution >= 0.6 is 0 Å². The summed E-state index contributed by atoms with van der Waals surface area (Å²) in [5.74, 6) is 1.61. The summed E-state index contributed by atoms with van der Waals surface area (Å²) in [6, 6.07) is 15.1. The fraction of sp³-hybridized carbons (Fsp3) is 0.231. The van der Waals surface area contributed by atoms with E-state index in [-0.39, 0.29) is 5.78 Å². The Morgan fingerprint density at radius 2 is 1.82 bits per heavy atom. The molecule has 2 aromatic carbocycles. The number of nitrogens with one attached hydrogen (secondary N) is 2. The number of rotatable bonds is 4. The van der Waals surface area contributed by atoms with Gasteiger partial charge in [0, 0.05) is 41.6 Å². The normalized spacial score (nSPS) is 17.3. The quantitative estimate of drug-likeness (QED) is 0.535. The summed E-state index contributed by atoms with van der Waals surface area (Å²) in [7, 11) is 3.10. The van der Waals surface area contributed by atoms with Gasteiger partial charge in [-0.05, 0) is 37.1 Å². The van der Waals surface area contributed by atoms with Crippen LogP contribution in [0.1, 0.15) is 31.1 Å². The molecule has 2 amide bonds. The van der Waals surface area contributed by atoms with Crippen molar-refractivity contribution in [3.8, 4) is 11.5 Å². The average Bonchev–Trinajstić information content (AvgIpc) is 3.33. The summed E-state index contributed by atoms with van der Waals surface area (Å²) >= 11 is 0. The van der Waals surface area contributed by atoms with Crippen LogP contribution in [-0.4, -0.2) is 26.0 Å². The van der Waals surface area contributed by atoms with Gasteiger partial charge in [0.05, 0.1) is 31.9 Å². The zero-order valence-electron chi connectivity index (χ0n) is 19.0. The van der Waals surface area contributed by atoms with Crippen molar-refractivity contribution < 1.29 is 23.5 Å². The smallest absolute Gasteiger partial charge is 0.327 e. The van der Waals surface area contributed by atoms with Crippen molar-refractivity contribution in [3.63, 3.8) is 0 Å². The number of nitrogens with zero attached hydrogens (tertiary/aromatic N) is 1. The topological polar surface area (TPSA) is 93.0 Å². The number of methoxy groups -OCH3 is 2. The molecule has 0 saturated heterocycles. The van der Waals surface area contributed by atoms with Crippen LogP contribution < -0.4 is 25.0 Å². The van der Waals surface area contributed by atoms with Crippen LogP contribution in [0.4, 0.5) is 21.9 Å². The second kappa shape index (κ2) is 8.97. The van der Waals surface area contributed by atoms with Gasteiger partial charge < -0.3 is 24.5 Å². The Bertz CT molecular complexity index is 1240. The van der Waals surface area contributed by atoms with Crippen LogP contribution in [-0.2, 0) is 4.79 Å². The number of ether oxygens (including phenoxy) is 2. The lowest BCUT2D eigenvalue weighted by molar-refractivity contribution is -0.116. The van der Waals surface area contributed by atoms with Crippen molar-refractivity contribution in [1.82, 2.24) is 0 Å². The minimum Gasteiger partial charge on any atom is -0.497 e. The number of furan rings is 1. The fourth-order valence-corrected chi connectivity index (χ4v) is 4.54. The highest BCUT2D eigenvalue weighted by molar-refractivity contribution is 6.09. The number of para-hydroxylation sites is 2. The van der Waals surface area contributed by atoms with Gasteiger partial charge in [-0.1, -0.05) is 12.1 Å². The predicted octanol–water partition coefficient (Wildman–Crippen LogP) is 5.51. The SMILES string of the molecule is COc1cc(NC(=O)N2c3ccccc3NC3=C(C(=O)CCC3)C2c2ccco2)cc(OC)c1. The highest BCUT2D eigenvalue weighted by atomic mass is 16.5. The van der Waals surface area contributed by atoms with Gasteiger partial charge in [0.25, 0.3) is 0 Å². The molecule has 1 aliphatic heterocycles. The molecule has 1 atom stereocenters. The molecule has 174 valence electrons. The van der Waals surface area contributed by atoms with Crippen molar-refractivity contribution in [1.29, 1.82) is 0 Å². The summed E-state index contributed by atoms with van der Waals surface area (Å²) in [4.78, 5) is 28.7. The first-order valence-electron chi connectivity index (χ1n) is 11.1. The van der Waals surface area contributed by atoms with E-state index >= 15 is 0 Å². The second-order valence-electron chi connectivity index (χ2n) is 8.13. The molecule has 0 spiro atoms. The molecule has 34 heavy (non-hydrogen) atoms. The molecule has 0 radical (unpaired) electrons. The summed E-state index contributed by atoms with van der Waals surface area (Å²) in [6.45, 7) is 0. The van der Waals surface area contributed by atoms with Gasteiger partial charge in [0.15, 0.2) is 5.78 Å². The molecule has 0 bridgehead atoms. The van der Waals surface area contributed by atoms with Gasteiger partial charge in [0.2, 0.25) is 0 Å². The lowest BCUT2D eigenvalue weighted by Crippen LogP contribution is -2.40. The molecule has 2 aliphatic rings. The maximum Gasteiger partial charge on any atom is 0.327 e. The van der Waals surface area contributed by atoms with Crippen molar-refractivity contribution in [2.24, 2.45) is 0 Å². The Morgan fingerprint density at radius 3 is 2.53 bits per heavy atom. The Hall–Kier alpha value is -4.20. The van der Waals surface area contributed by atoms with E-state index in [0.29, 0.717) is 40.6 Å². The highest BCUT2D eigenvalue weighted by Crippen LogP contribution is 2.45. The van der Waals surface area contributed by atoms with Crippen molar-refractivity contribution in [3.05, 3.63) is 77.9 Å². The third-order valence-electron chi connectivity index (χ3n) is 6.07. The van der Waals surface area contributed by atoms with Crippen LogP contribution in [0.2, 0.25) is 0 Å². The molecule has 1 unspecified atom stereocenters. The third kappa shape index (κ3) is 3.87. The first kappa shape index (κ1) is 21.6. The predicted molar refractivity (Wildman–Crippen MR) is 128 cm³/mol. The third-order valence-corrected chi connectivity index (χ3v) is 6.07. The first-order valence-corrected chi connectivity index (χ1v) is 11.1. The zero-order valence-corrected chi connectivity index (χ0v) is 19.0. The lowest BCUT2D eigenvalue weighted by Gasteiger charge is -2.32. The number of allylic oxidation sites excluding steroid dienone is 1. The number of Topliss-reactive ketones (excluding diaryl/α,β-unsaturated/α-hetero) is 1. The summed E-state index contributed by atoms with van der Waals surface area (Å²) in [5.41, 5.74) is 3.26. The maximum absolute atomic E-state index is 13.9. The number of hydrogen-bond donors (Lipinski definition) is 2. The molecule has 3 aromatic rings. The number of carbonyl (C=O) groups excluding carboxylic acids is 2. The fourth-order valence-electron chi connectivity index (χ4n) is 4.54. The largest absolute Gasteiger partial charge is 0.497 e. The average molecular weight is 460 g/mol. The Labute approximate surface area is 197 Å². The van der Waals surface area contributed by atoms with E-state index in [1.54, 1.807) is 55.7 Å². The van der Waals surface area contributed by atoms with Crippen LogP contribution in [0.25, 0.3) is 0 Å². The van der Waals surface area contributed by atoms with Gasteiger partial charge >= 0.3 is 6.03 Å². The Kier molecular flexibility index (Phi) is 5.71. The number of urea groups is 1. The van der Waals surface area contributed by atoms with E-state index in [9.17, 15) is 9.59 Å². The number of ketones is 1. The van der Waals surface area contributed by atoms with Crippen molar-refractivity contribution in [2.75, 3.05) is 29.8 Å². The molecule has 5 rings (SSSR count). The van der Waals surface area contributed by atoms with Crippen LogP contribution in [0.3, 0.4) is 0 Å². The molecule has 8 nitrogen and oxygen atoms in total. The number of fused-ring (bicyclic) bond motifs is 1. The number of carbonyl (C=O) groups is 2. The number of hydrogen-bond acceptors (Lipinski definition) is 6. The standard InChI is InChI=1S/C26H25N3O5/c1-32-17-13-16(14-18(15-17)33-2)27-26(31)29-21-9-4-3-7-19(21)28-20-8-5-10-22(30)24(20)25(29)23-11-6-12-34-23/h3-4,6-7,9,11-15,25,28H,5,8,10H2,1-2H3,(H,27,31). The van der Waals surface area contributed by atoms with Crippen LogP contribution in [0.15, 0.2) is 76.5 Å². The molecule has 0 fully saturated rings. The van der Waals surface area contributed by atoms with E-state index in [0.717, 1.165) is 24.2 Å². The lowest BCUT2D eigenvalue weighted by atomic mass is 9.88. The molecule has 2 heterocycles. The number of benzene rings is 2. The van der Waals surface area contributed by atoms with Gasteiger partial charge in [-0.3, -0.25) is 9.69 Å². The Morgan fingerprint density at radius 1 is 1.06 bits per heavy atom. The van der Waals surface area contributed by atoms with Gasteiger partial charge in [-0.2, -0.15) is 0 Å². The van der Waals surface area contributed by atoms with E-state index in [1.165, 1.54) is 0 Å². The molecule has 1 aromatic heterocycles. The summed E-state index contributed by atoms with van der Waals surface area (Å²) in [6.07, 6.45) is 3.45. The Balaban J connectivity index is 1.64. The van der Waals surface area contributed by atoms with E-state index in [2.05, 4.69) is 10.6 Å². The highest BCUT2D eigenvalue weighted by Gasteiger charge is 2.41. The molecule has 8 heteroatoms. The summed E-state index contributed by atoms with van der Waals surface area (Å²) < 4.78 is 16.5. The molecule has 2 N–H and O–H groups in total. The van der Waals surface area contributed by atoms with Crippen molar-refractivity contribution in [2.45, 2.75) is 25.3 Å². The molecular formula is C26H25N3O5. The van der Waals surface area contributed by atoms with E-state index in [1.807, 2.05) is 24.3 Å². The second-order valence-corrected chi connectivity index (χ2v) is 8.13. The first-order chi connectivity index (χ1) is 16.6. The molecule has 1 aliphatic carbocycles. The number of amides is 2. The molecule has 0 saturated carbocycles. The monoisotopic (exact) mass is 459 g/mol. The van der Waals surface area contributed by atoms with Crippen LogP contribution in [0, 0.1) is 0 Å². The van der Waals surface area contributed by atoms with Crippen molar-refractivity contribution >= 4 is 28.9 Å².